The first-order valence-electron chi connectivity index (χ1n) is 3.54. The topological polar surface area (TPSA) is 20.2 Å². The van der Waals surface area contributed by atoms with Gasteiger partial charge in [0, 0.05) is 6.61 Å². The largest absolute Gasteiger partial charge is 0.396 e. The van der Waals surface area contributed by atoms with Crippen LogP contribution in [0.5, 0.6) is 0 Å². The molecule has 1 aromatic heterocycles. The molecule has 0 aromatic carbocycles. The van der Waals surface area contributed by atoms with Gasteiger partial charge >= 0.3 is 0 Å². The van der Waals surface area contributed by atoms with Gasteiger partial charge in [-0.3, -0.25) is 0 Å². The fourth-order valence-electron chi connectivity index (χ4n) is 0.564. The maximum atomic E-state index is 8.44. The van der Waals surface area contributed by atoms with Crippen LogP contribution < -0.4 is 0 Å². The van der Waals surface area contributed by atoms with Crippen molar-refractivity contribution in [3.63, 3.8) is 0 Å². The Kier molecular flexibility index (Phi) is 7.10. The van der Waals surface area contributed by atoms with Gasteiger partial charge in [0.2, 0.25) is 0 Å². The molecule has 0 atom stereocenters. The normalized spacial score (nSPS) is 8.18. The summed E-state index contributed by atoms with van der Waals surface area (Å²) in [6, 6.07) is 2.03. The number of aliphatic hydroxyl groups is 1. The summed E-state index contributed by atoms with van der Waals surface area (Å²) in [5.41, 5.74) is 1.23. The molecule has 0 amide bonds. The molecular weight excluding hydrogens is 156 g/mol. The second-order valence-electron chi connectivity index (χ2n) is 2.01. The summed E-state index contributed by atoms with van der Waals surface area (Å²) in [5.74, 6) is 0. The van der Waals surface area contributed by atoms with Crippen molar-refractivity contribution in [1.29, 1.82) is 0 Å². The molecule has 1 N–H and O–H groups in total. The van der Waals surface area contributed by atoms with Crippen molar-refractivity contribution in [2.45, 2.75) is 13.3 Å². The Morgan fingerprint density at radius 3 is 2.73 bits per heavy atom. The van der Waals surface area contributed by atoms with Crippen LogP contribution in [0.4, 0.5) is 0 Å². The van der Waals surface area contributed by atoms with Crippen LogP contribution in [0.25, 0.3) is 0 Å². The van der Waals surface area contributed by atoms with E-state index in [0.29, 0.717) is 0 Å². The standard InChI is InChI=1S/C6H8OS.C3H6/c7-3-1-6-2-4-8-5-6;1-3-2/h2,4-5,7H,1,3H2;3H,1H2,2H3. The Bertz CT molecular complexity index is 168. The van der Waals surface area contributed by atoms with Crippen molar-refractivity contribution in [3.8, 4) is 0 Å². The lowest BCUT2D eigenvalue weighted by Crippen LogP contribution is -1.85. The number of aliphatic hydroxyl groups excluding tert-OH is 1. The zero-order valence-electron chi connectivity index (χ0n) is 6.79. The lowest BCUT2D eigenvalue weighted by atomic mass is 10.3. The van der Waals surface area contributed by atoms with Crippen molar-refractivity contribution in [2.75, 3.05) is 6.61 Å². The van der Waals surface area contributed by atoms with E-state index in [4.69, 9.17) is 5.11 Å². The van der Waals surface area contributed by atoms with Gasteiger partial charge in [0.25, 0.3) is 0 Å². The molecule has 11 heavy (non-hydrogen) atoms. The summed E-state index contributed by atoms with van der Waals surface area (Å²) >= 11 is 1.67. The fourth-order valence-corrected chi connectivity index (χ4v) is 1.27. The molecule has 62 valence electrons. The number of rotatable bonds is 2. The average Bonchev–Trinajstić information content (AvgIpc) is 2.42. The van der Waals surface area contributed by atoms with Gasteiger partial charge in [-0.15, -0.1) is 6.58 Å². The Labute approximate surface area is 72.0 Å². The van der Waals surface area contributed by atoms with Gasteiger partial charge < -0.3 is 5.11 Å². The predicted octanol–water partition coefficient (Wildman–Crippen LogP) is 2.48. The smallest absolute Gasteiger partial charge is 0.0471 e. The van der Waals surface area contributed by atoms with E-state index in [9.17, 15) is 0 Å². The Hall–Kier alpha value is -0.600. The summed E-state index contributed by atoms with van der Waals surface area (Å²) < 4.78 is 0. The summed E-state index contributed by atoms with van der Waals surface area (Å²) in [6.07, 6.45) is 2.55. The van der Waals surface area contributed by atoms with Crippen molar-refractivity contribution < 1.29 is 5.11 Å². The minimum atomic E-state index is 0.261. The molecule has 1 nitrogen and oxygen atoms in total. The van der Waals surface area contributed by atoms with Crippen LogP contribution in [0.15, 0.2) is 29.5 Å². The molecule has 0 saturated carbocycles. The molecule has 0 unspecified atom stereocenters. The molecule has 1 rings (SSSR count). The lowest BCUT2D eigenvalue weighted by molar-refractivity contribution is 0.300. The molecule has 2 heteroatoms. The Balaban J connectivity index is 0.000000292. The van der Waals surface area contributed by atoms with Crippen molar-refractivity contribution in [3.05, 3.63) is 35.0 Å². The number of hydrogen-bond acceptors (Lipinski definition) is 2. The zero-order chi connectivity index (χ0) is 8.53. The third kappa shape index (κ3) is 5.83. The van der Waals surface area contributed by atoms with E-state index in [-0.39, 0.29) is 6.61 Å². The Morgan fingerprint density at radius 2 is 2.36 bits per heavy atom. The summed E-state index contributed by atoms with van der Waals surface area (Å²) in [5, 5.41) is 12.5. The van der Waals surface area contributed by atoms with E-state index in [1.807, 2.05) is 18.4 Å². The van der Waals surface area contributed by atoms with Crippen LogP contribution in [0, 0.1) is 0 Å². The number of hydrogen-bond donors (Lipinski definition) is 1. The highest BCUT2D eigenvalue weighted by Crippen LogP contribution is 2.05. The average molecular weight is 170 g/mol. The molecule has 0 aliphatic heterocycles. The van der Waals surface area contributed by atoms with Crippen LogP contribution >= 0.6 is 11.3 Å². The van der Waals surface area contributed by atoms with Crippen molar-refractivity contribution in [2.24, 2.45) is 0 Å². The summed E-state index contributed by atoms with van der Waals surface area (Å²) in [7, 11) is 0. The van der Waals surface area contributed by atoms with Crippen LogP contribution in [0.3, 0.4) is 0 Å². The number of allylic oxidation sites excluding steroid dienone is 1. The molecule has 0 aliphatic rings. The van der Waals surface area contributed by atoms with Gasteiger partial charge in [-0.2, -0.15) is 11.3 Å². The third-order valence-electron chi connectivity index (χ3n) is 0.981. The maximum Gasteiger partial charge on any atom is 0.0471 e. The van der Waals surface area contributed by atoms with Gasteiger partial charge in [0.05, 0.1) is 0 Å². The van der Waals surface area contributed by atoms with Gasteiger partial charge in [0.1, 0.15) is 0 Å². The van der Waals surface area contributed by atoms with Gasteiger partial charge in [0.15, 0.2) is 0 Å². The predicted molar refractivity (Wildman–Crippen MR) is 51.0 cm³/mol. The Morgan fingerprint density at radius 1 is 1.73 bits per heavy atom. The fraction of sp³-hybridized carbons (Fsp3) is 0.333. The SMILES string of the molecule is C=CC.OCCc1ccsc1. The first-order valence-corrected chi connectivity index (χ1v) is 4.48. The van der Waals surface area contributed by atoms with E-state index < -0.39 is 0 Å². The van der Waals surface area contributed by atoms with Gasteiger partial charge in [-0.05, 0) is 35.7 Å². The highest BCUT2D eigenvalue weighted by atomic mass is 32.1. The first-order chi connectivity index (χ1) is 5.35. The van der Waals surface area contributed by atoms with Crippen LogP contribution in [-0.4, -0.2) is 11.7 Å². The van der Waals surface area contributed by atoms with Crippen LogP contribution in [-0.2, 0) is 6.42 Å². The third-order valence-corrected chi connectivity index (χ3v) is 1.71. The van der Waals surface area contributed by atoms with E-state index in [2.05, 4.69) is 12.0 Å². The van der Waals surface area contributed by atoms with E-state index in [0.717, 1.165) is 6.42 Å². The molecule has 0 saturated heterocycles. The monoisotopic (exact) mass is 170 g/mol. The molecule has 1 heterocycles. The molecule has 0 bridgehead atoms. The quantitative estimate of drug-likeness (QED) is 0.676. The minimum absolute atomic E-state index is 0.261. The molecular formula is C9H14OS. The maximum absolute atomic E-state index is 8.44. The van der Waals surface area contributed by atoms with Gasteiger partial charge in [-0.1, -0.05) is 6.08 Å². The van der Waals surface area contributed by atoms with Crippen LogP contribution in [0.2, 0.25) is 0 Å². The molecule has 1 aromatic rings. The van der Waals surface area contributed by atoms with E-state index >= 15 is 0 Å². The minimum Gasteiger partial charge on any atom is -0.396 e. The zero-order valence-corrected chi connectivity index (χ0v) is 7.60. The first kappa shape index (κ1) is 10.4. The summed E-state index contributed by atoms with van der Waals surface area (Å²) in [6.45, 7) is 5.51. The lowest BCUT2D eigenvalue weighted by Gasteiger charge is -1.85. The van der Waals surface area contributed by atoms with Crippen molar-refractivity contribution in [1.82, 2.24) is 0 Å². The number of thiophene rings is 1. The summed E-state index contributed by atoms with van der Waals surface area (Å²) in [4.78, 5) is 0. The second kappa shape index (κ2) is 7.51. The molecule has 0 radical (unpaired) electrons. The molecule has 0 spiro atoms. The molecule has 0 aliphatic carbocycles. The highest BCUT2D eigenvalue weighted by molar-refractivity contribution is 7.07. The highest BCUT2D eigenvalue weighted by Gasteiger charge is 1.87. The van der Waals surface area contributed by atoms with Crippen LogP contribution in [0.1, 0.15) is 12.5 Å². The van der Waals surface area contributed by atoms with Crippen molar-refractivity contribution >= 4 is 11.3 Å². The second-order valence-corrected chi connectivity index (χ2v) is 2.79. The van der Waals surface area contributed by atoms with E-state index in [1.165, 1.54) is 5.56 Å². The molecule has 0 fully saturated rings. The van der Waals surface area contributed by atoms with E-state index in [1.54, 1.807) is 17.4 Å². The van der Waals surface area contributed by atoms with Gasteiger partial charge in [-0.25, -0.2) is 0 Å².